The van der Waals surface area contributed by atoms with Gasteiger partial charge in [-0.15, -0.1) is 0 Å². The third-order valence-corrected chi connectivity index (χ3v) is 3.05. The van der Waals surface area contributed by atoms with Gasteiger partial charge in [0.1, 0.15) is 5.82 Å². The highest BCUT2D eigenvalue weighted by Gasteiger charge is 2.06. The lowest BCUT2D eigenvalue weighted by Gasteiger charge is -2.16. The van der Waals surface area contributed by atoms with E-state index in [0.717, 1.165) is 11.3 Å². The molecule has 1 unspecified atom stereocenters. The van der Waals surface area contributed by atoms with Crippen molar-refractivity contribution in [1.82, 2.24) is 0 Å². The summed E-state index contributed by atoms with van der Waals surface area (Å²) in [5.41, 5.74) is 2.39. The number of nitrogens with one attached hydrogen (secondary N) is 2. The van der Waals surface area contributed by atoms with Crippen molar-refractivity contribution >= 4 is 17.5 Å². The van der Waals surface area contributed by atoms with Crippen LogP contribution in [-0.4, -0.2) is 13.2 Å². The summed E-state index contributed by atoms with van der Waals surface area (Å²) < 4.78 is 17.7. The minimum atomic E-state index is -0.510. The van der Waals surface area contributed by atoms with E-state index in [-0.39, 0.29) is 11.9 Å². The lowest BCUT2D eigenvalue weighted by atomic mass is 10.1. The largest absolute Gasteiger partial charge is 0.453 e. The molecule has 0 aliphatic carbocycles. The first-order valence-electron chi connectivity index (χ1n) is 6.55. The van der Waals surface area contributed by atoms with E-state index in [1.165, 1.54) is 19.2 Å². The molecule has 0 saturated carbocycles. The van der Waals surface area contributed by atoms with Gasteiger partial charge in [-0.25, -0.2) is 9.18 Å². The summed E-state index contributed by atoms with van der Waals surface area (Å²) in [7, 11) is 1.31. The molecular formula is C16H17FN2O2. The molecule has 0 spiro atoms. The maximum absolute atomic E-state index is 13.2. The molecule has 1 atom stereocenters. The molecule has 0 aromatic heterocycles. The van der Waals surface area contributed by atoms with Crippen LogP contribution in [0.4, 0.5) is 20.6 Å². The highest BCUT2D eigenvalue weighted by molar-refractivity contribution is 5.84. The second-order valence-electron chi connectivity index (χ2n) is 4.61. The summed E-state index contributed by atoms with van der Waals surface area (Å²) in [6, 6.07) is 13.6. The fourth-order valence-electron chi connectivity index (χ4n) is 1.93. The zero-order valence-electron chi connectivity index (χ0n) is 11.9. The van der Waals surface area contributed by atoms with E-state index in [9.17, 15) is 9.18 Å². The normalized spacial score (nSPS) is 11.6. The summed E-state index contributed by atoms with van der Waals surface area (Å²) in [6.07, 6.45) is -0.510. The monoisotopic (exact) mass is 288 g/mol. The van der Waals surface area contributed by atoms with Crippen molar-refractivity contribution in [2.24, 2.45) is 0 Å². The van der Waals surface area contributed by atoms with E-state index in [2.05, 4.69) is 15.4 Å². The van der Waals surface area contributed by atoms with Crippen LogP contribution in [0.1, 0.15) is 18.5 Å². The number of halogens is 1. The van der Waals surface area contributed by atoms with E-state index >= 15 is 0 Å². The molecule has 2 aromatic carbocycles. The molecule has 2 N–H and O–H groups in total. The van der Waals surface area contributed by atoms with Crippen molar-refractivity contribution in [2.75, 3.05) is 17.7 Å². The molecule has 0 aliphatic rings. The minimum absolute atomic E-state index is 0.0277. The Bertz CT molecular complexity index is 614. The van der Waals surface area contributed by atoms with E-state index in [4.69, 9.17) is 0 Å². The molecule has 0 heterocycles. The SMILES string of the molecule is COC(=O)Nc1ccc(NC(C)c2cccc(F)c2)cc1. The van der Waals surface area contributed by atoms with Crippen LogP contribution in [0.5, 0.6) is 0 Å². The number of carbonyl (C=O) groups is 1. The first kappa shape index (κ1) is 14.8. The van der Waals surface area contributed by atoms with Crippen LogP contribution in [0, 0.1) is 5.82 Å². The minimum Gasteiger partial charge on any atom is -0.453 e. The zero-order valence-corrected chi connectivity index (χ0v) is 11.9. The Morgan fingerprint density at radius 2 is 1.81 bits per heavy atom. The smallest absolute Gasteiger partial charge is 0.411 e. The van der Waals surface area contributed by atoms with Gasteiger partial charge in [-0.1, -0.05) is 12.1 Å². The van der Waals surface area contributed by atoms with Crippen LogP contribution >= 0.6 is 0 Å². The summed E-state index contributed by atoms with van der Waals surface area (Å²) >= 11 is 0. The second kappa shape index (κ2) is 6.74. The predicted octanol–water partition coefficient (Wildman–Crippen LogP) is 4.18. The second-order valence-corrected chi connectivity index (χ2v) is 4.61. The van der Waals surface area contributed by atoms with Crippen molar-refractivity contribution in [3.8, 4) is 0 Å². The number of benzene rings is 2. The fraction of sp³-hybridized carbons (Fsp3) is 0.188. The van der Waals surface area contributed by atoms with E-state index in [1.54, 1.807) is 18.2 Å². The number of carbonyl (C=O) groups excluding carboxylic acids is 1. The number of hydrogen-bond acceptors (Lipinski definition) is 3. The Kier molecular flexibility index (Phi) is 4.77. The number of rotatable bonds is 4. The van der Waals surface area contributed by atoms with Gasteiger partial charge >= 0.3 is 6.09 Å². The molecule has 0 radical (unpaired) electrons. The lowest BCUT2D eigenvalue weighted by molar-refractivity contribution is 0.187. The summed E-state index contributed by atoms with van der Waals surface area (Å²) in [6.45, 7) is 1.95. The zero-order chi connectivity index (χ0) is 15.2. The van der Waals surface area contributed by atoms with Crippen LogP contribution in [0.2, 0.25) is 0 Å². The highest BCUT2D eigenvalue weighted by Crippen LogP contribution is 2.21. The Labute approximate surface area is 122 Å². The number of anilines is 2. The fourth-order valence-corrected chi connectivity index (χ4v) is 1.93. The van der Waals surface area contributed by atoms with Gasteiger partial charge in [0.25, 0.3) is 0 Å². The van der Waals surface area contributed by atoms with Gasteiger partial charge in [0.15, 0.2) is 0 Å². The van der Waals surface area contributed by atoms with Crippen molar-refractivity contribution in [2.45, 2.75) is 13.0 Å². The standard InChI is InChI=1S/C16H17FN2O2/c1-11(12-4-3-5-13(17)10-12)18-14-6-8-15(9-7-14)19-16(20)21-2/h3-11,18H,1-2H3,(H,19,20). The predicted molar refractivity (Wildman–Crippen MR) is 80.9 cm³/mol. The molecule has 0 aliphatic heterocycles. The number of hydrogen-bond donors (Lipinski definition) is 2. The van der Waals surface area contributed by atoms with Crippen molar-refractivity contribution in [1.29, 1.82) is 0 Å². The molecule has 0 bridgehead atoms. The summed E-state index contributed by atoms with van der Waals surface area (Å²) in [5, 5.41) is 5.84. The quantitative estimate of drug-likeness (QED) is 0.887. The van der Waals surface area contributed by atoms with Crippen molar-refractivity contribution < 1.29 is 13.9 Å². The van der Waals surface area contributed by atoms with Gasteiger partial charge < -0.3 is 10.1 Å². The van der Waals surface area contributed by atoms with E-state index in [1.807, 2.05) is 25.1 Å². The van der Waals surface area contributed by atoms with Gasteiger partial charge in [-0.3, -0.25) is 5.32 Å². The lowest BCUT2D eigenvalue weighted by Crippen LogP contribution is -2.11. The molecule has 21 heavy (non-hydrogen) atoms. The van der Waals surface area contributed by atoms with Gasteiger partial charge in [-0.05, 0) is 48.9 Å². The Morgan fingerprint density at radius 1 is 1.14 bits per heavy atom. The molecule has 2 aromatic rings. The highest BCUT2D eigenvalue weighted by atomic mass is 19.1. The number of methoxy groups -OCH3 is 1. The molecule has 2 rings (SSSR count). The third-order valence-electron chi connectivity index (χ3n) is 3.05. The van der Waals surface area contributed by atoms with Gasteiger partial charge in [-0.2, -0.15) is 0 Å². The molecule has 1 amide bonds. The first-order chi connectivity index (χ1) is 10.1. The summed E-state index contributed by atoms with van der Waals surface area (Å²) in [5.74, 6) is -0.251. The number of amides is 1. The molecule has 110 valence electrons. The molecule has 0 fully saturated rings. The van der Waals surface area contributed by atoms with Crippen LogP contribution in [0.25, 0.3) is 0 Å². The number of ether oxygens (including phenoxy) is 1. The average molecular weight is 288 g/mol. The Hall–Kier alpha value is -2.56. The topological polar surface area (TPSA) is 50.4 Å². The maximum atomic E-state index is 13.2. The molecule has 4 nitrogen and oxygen atoms in total. The van der Waals surface area contributed by atoms with E-state index in [0.29, 0.717) is 5.69 Å². The van der Waals surface area contributed by atoms with Crippen LogP contribution in [-0.2, 0) is 4.74 Å². The third kappa shape index (κ3) is 4.21. The van der Waals surface area contributed by atoms with Crippen LogP contribution in [0.3, 0.4) is 0 Å². The summed E-state index contributed by atoms with van der Waals surface area (Å²) in [4.78, 5) is 11.1. The molecule has 0 saturated heterocycles. The van der Waals surface area contributed by atoms with Gasteiger partial charge in [0.05, 0.1) is 7.11 Å². The molecule has 5 heteroatoms. The van der Waals surface area contributed by atoms with Gasteiger partial charge in [0, 0.05) is 17.4 Å². The van der Waals surface area contributed by atoms with Gasteiger partial charge in [0.2, 0.25) is 0 Å². The first-order valence-corrected chi connectivity index (χ1v) is 6.55. The Balaban J connectivity index is 2.01. The van der Waals surface area contributed by atoms with Crippen LogP contribution in [0.15, 0.2) is 48.5 Å². The molecular weight excluding hydrogens is 271 g/mol. The maximum Gasteiger partial charge on any atom is 0.411 e. The van der Waals surface area contributed by atoms with Crippen molar-refractivity contribution in [3.63, 3.8) is 0 Å². The Morgan fingerprint density at radius 3 is 2.43 bits per heavy atom. The van der Waals surface area contributed by atoms with Crippen molar-refractivity contribution in [3.05, 3.63) is 59.9 Å². The average Bonchev–Trinajstić information content (AvgIpc) is 2.49. The van der Waals surface area contributed by atoms with Crippen LogP contribution < -0.4 is 10.6 Å². The van der Waals surface area contributed by atoms with E-state index < -0.39 is 6.09 Å².